The fraction of sp³-hybridized carbons (Fsp3) is 0.368. The smallest absolute Gasteiger partial charge is 0.359 e. The highest BCUT2D eigenvalue weighted by Crippen LogP contribution is 2.39. The summed E-state index contributed by atoms with van der Waals surface area (Å²) in [4.78, 5) is 46.8. The summed E-state index contributed by atoms with van der Waals surface area (Å²) in [6.07, 6.45) is 1.25. The third kappa shape index (κ3) is 5.35. The van der Waals surface area contributed by atoms with Crippen molar-refractivity contribution in [2.75, 3.05) is 25.1 Å². The first-order valence-corrected chi connectivity index (χ1v) is 9.52. The summed E-state index contributed by atoms with van der Waals surface area (Å²) in [5, 5.41) is 17.6. The molecule has 1 N–H and O–H groups in total. The second-order valence-electron chi connectivity index (χ2n) is 6.53. The van der Waals surface area contributed by atoms with Crippen LogP contribution in [0.2, 0.25) is 0 Å². The predicted molar refractivity (Wildman–Crippen MR) is 106 cm³/mol. The Kier molecular flexibility index (Phi) is 6.80. The lowest BCUT2D eigenvalue weighted by molar-refractivity contribution is -0.384. The molecule has 31 heavy (non-hydrogen) atoms. The molecule has 1 aromatic heterocycles. The van der Waals surface area contributed by atoms with E-state index in [0.717, 1.165) is 4.68 Å². The van der Waals surface area contributed by atoms with Gasteiger partial charge in [-0.1, -0.05) is 6.92 Å². The van der Waals surface area contributed by atoms with Gasteiger partial charge in [-0.2, -0.15) is 5.10 Å². The SMILES string of the molecule is CCCn1nc(C(=O)OCC(=O)Nc2cc3c(cc2[N+](=O)[O-])OCCCO3)ccc1=O. The number of aryl methyl sites for hydroxylation is 1. The Labute approximate surface area is 175 Å². The molecule has 2 heterocycles. The number of nitro benzene ring substituents is 1. The van der Waals surface area contributed by atoms with Gasteiger partial charge in [0, 0.05) is 25.1 Å². The molecule has 0 saturated carbocycles. The van der Waals surface area contributed by atoms with Crippen LogP contribution in [0.1, 0.15) is 30.3 Å². The van der Waals surface area contributed by atoms with Crippen molar-refractivity contribution in [3.63, 3.8) is 0 Å². The van der Waals surface area contributed by atoms with Crippen molar-refractivity contribution in [3.8, 4) is 11.5 Å². The molecular formula is C19H20N4O8. The number of anilines is 1. The molecule has 1 aromatic carbocycles. The van der Waals surface area contributed by atoms with E-state index in [1.807, 2.05) is 6.92 Å². The molecule has 0 aliphatic carbocycles. The van der Waals surface area contributed by atoms with E-state index in [4.69, 9.17) is 14.2 Å². The van der Waals surface area contributed by atoms with Crippen molar-refractivity contribution >= 4 is 23.3 Å². The fourth-order valence-corrected chi connectivity index (χ4v) is 2.77. The predicted octanol–water partition coefficient (Wildman–Crippen LogP) is 1.52. The second-order valence-corrected chi connectivity index (χ2v) is 6.53. The lowest BCUT2D eigenvalue weighted by Crippen LogP contribution is -2.26. The van der Waals surface area contributed by atoms with Gasteiger partial charge in [-0.15, -0.1) is 0 Å². The summed E-state index contributed by atoms with van der Waals surface area (Å²) in [7, 11) is 0. The van der Waals surface area contributed by atoms with Gasteiger partial charge in [0.25, 0.3) is 17.2 Å². The number of nitro groups is 1. The number of fused-ring (bicyclic) bond motifs is 1. The van der Waals surface area contributed by atoms with Crippen molar-refractivity contribution in [1.29, 1.82) is 0 Å². The fourth-order valence-electron chi connectivity index (χ4n) is 2.77. The number of ether oxygens (including phenoxy) is 3. The molecule has 1 amide bonds. The minimum atomic E-state index is -0.909. The monoisotopic (exact) mass is 432 g/mol. The van der Waals surface area contributed by atoms with Gasteiger partial charge in [0.1, 0.15) is 5.69 Å². The van der Waals surface area contributed by atoms with Crippen molar-refractivity contribution < 1.29 is 28.7 Å². The van der Waals surface area contributed by atoms with E-state index in [1.165, 1.54) is 24.3 Å². The van der Waals surface area contributed by atoms with E-state index >= 15 is 0 Å². The average molecular weight is 432 g/mol. The maximum absolute atomic E-state index is 12.2. The van der Waals surface area contributed by atoms with E-state index in [-0.39, 0.29) is 28.4 Å². The molecule has 164 valence electrons. The Morgan fingerprint density at radius 1 is 1.26 bits per heavy atom. The first-order chi connectivity index (χ1) is 14.9. The number of hydrogen-bond donors (Lipinski definition) is 1. The largest absolute Gasteiger partial charge is 0.489 e. The molecule has 0 radical (unpaired) electrons. The van der Waals surface area contributed by atoms with E-state index in [2.05, 4.69) is 10.4 Å². The lowest BCUT2D eigenvalue weighted by Gasteiger charge is -2.11. The number of carbonyl (C=O) groups is 2. The summed E-state index contributed by atoms with van der Waals surface area (Å²) in [5.74, 6) is -1.24. The Morgan fingerprint density at radius 2 is 1.97 bits per heavy atom. The lowest BCUT2D eigenvalue weighted by atomic mass is 10.2. The van der Waals surface area contributed by atoms with E-state index in [9.17, 15) is 24.5 Å². The zero-order chi connectivity index (χ0) is 22.4. The third-order valence-electron chi connectivity index (χ3n) is 4.18. The van der Waals surface area contributed by atoms with Crippen molar-refractivity contribution in [1.82, 2.24) is 9.78 Å². The highest BCUT2D eigenvalue weighted by Gasteiger charge is 2.23. The molecule has 1 aliphatic heterocycles. The zero-order valence-corrected chi connectivity index (χ0v) is 16.7. The minimum Gasteiger partial charge on any atom is -0.489 e. The van der Waals surface area contributed by atoms with Crippen LogP contribution in [-0.4, -0.2) is 46.4 Å². The normalized spacial score (nSPS) is 12.5. The maximum atomic E-state index is 12.2. The van der Waals surface area contributed by atoms with Crippen LogP contribution in [0.4, 0.5) is 11.4 Å². The number of hydrogen-bond acceptors (Lipinski definition) is 9. The first-order valence-electron chi connectivity index (χ1n) is 9.52. The van der Waals surface area contributed by atoms with Gasteiger partial charge < -0.3 is 19.5 Å². The highest BCUT2D eigenvalue weighted by atomic mass is 16.6. The first kappa shape index (κ1) is 21.7. The molecular weight excluding hydrogens is 412 g/mol. The minimum absolute atomic E-state index is 0.120. The zero-order valence-electron chi connectivity index (χ0n) is 16.7. The van der Waals surface area contributed by atoms with Crippen molar-refractivity contribution in [2.24, 2.45) is 0 Å². The Morgan fingerprint density at radius 3 is 2.65 bits per heavy atom. The molecule has 2 aromatic rings. The number of nitrogens with zero attached hydrogens (tertiary/aromatic N) is 3. The Bertz CT molecular complexity index is 1070. The number of rotatable bonds is 7. The van der Waals surface area contributed by atoms with E-state index in [1.54, 1.807) is 0 Å². The van der Waals surface area contributed by atoms with Crippen LogP contribution < -0.4 is 20.3 Å². The van der Waals surface area contributed by atoms with Gasteiger partial charge in [-0.3, -0.25) is 19.7 Å². The number of aromatic nitrogens is 2. The molecule has 0 bridgehead atoms. The van der Waals surface area contributed by atoms with Crippen LogP contribution in [0.5, 0.6) is 11.5 Å². The van der Waals surface area contributed by atoms with Crippen molar-refractivity contribution in [3.05, 3.63) is 50.4 Å². The quantitative estimate of drug-likeness (QED) is 0.390. The van der Waals surface area contributed by atoms with Crippen LogP contribution in [0.3, 0.4) is 0 Å². The number of benzene rings is 1. The average Bonchev–Trinajstić information content (AvgIpc) is 2.98. The summed E-state index contributed by atoms with van der Waals surface area (Å²) < 4.78 is 16.9. The summed E-state index contributed by atoms with van der Waals surface area (Å²) in [6.45, 7) is 2.18. The molecule has 3 rings (SSSR count). The third-order valence-corrected chi connectivity index (χ3v) is 4.18. The van der Waals surface area contributed by atoms with E-state index < -0.39 is 29.1 Å². The molecule has 0 saturated heterocycles. The molecule has 12 nitrogen and oxygen atoms in total. The molecule has 0 fully saturated rings. The molecule has 0 atom stereocenters. The van der Waals surface area contributed by atoms with Crippen LogP contribution in [0.15, 0.2) is 29.1 Å². The molecule has 1 aliphatic rings. The standard InChI is InChI=1S/C19H20N4O8/c1-2-6-22-18(25)5-4-12(21-22)19(26)31-11-17(24)20-13-9-15-16(10-14(13)23(27)28)30-8-3-7-29-15/h4-5,9-10H,2-3,6-8,11H2,1H3,(H,20,24). The van der Waals surface area contributed by atoms with Gasteiger partial charge >= 0.3 is 5.97 Å². The van der Waals surface area contributed by atoms with Gasteiger partial charge in [0.05, 0.1) is 24.2 Å². The highest BCUT2D eigenvalue weighted by molar-refractivity contribution is 5.96. The topological polar surface area (TPSA) is 152 Å². The van der Waals surface area contributed by atoms with Gasteiger partial charge in [-0.25, -0.2) is 9.48 Å². The number of carbonyl (C=O) groups excluding carboxylic acids is 2. The van der Waals surface area contributed by atoms with Gasteiger partial charge in [0.2, 0.25) is 0 Å². The van der Waals surface area contributed by atoms with Crippen molar-refractivity contribution in [2.45, 2.75) is 26.3 Å². The summed E-state index contributed by atoms with van der Waals surface area (Å²) in [5.41, 5.74) is -1.01. The maximum Gasteiger partial charge on any atom is 0.359 e. The van der Waals surface area contributed by atoms with Gasteiger partial charge in [-0.05, 0) is 12.5 Å². The summed E-state index contributed by atoms with van der Waals surface area (Å²) >= 11 is 0. The van der Waals surface area contributed by atoms with Gasteiger partial charge in [0.15, 0.2) is 23.8 Å². The Hall–Kier alpha value is -3.96. The number of amides is 1. The Balaban J connectivity index is 1.69. The van der Waals surface area contributed by atoms with E-state index in [0.29, 0.717) is 32.6 Å². The van der Waals surface area contributed by atoms with Crippen LogP contribution in [0, 0.1) is 10.1 Å². The molecule has 0 unspecified atom stereocenters. The van der Waals surface area contributed by atoms with Crippen LogP contribution in [0.25, 0.3) is 0 Å². The number of nitrogens with one attached hydrogen (secondary N) is 1. The van der Waals surface area contributed by atoms with Crippen LogP contribution in [-0.2, 0) is 16.1 Å². The summed E-state index contributed by atoms with van der Waals surface area (Å²) in [6, 6.07) is 4.84. The van der Waals surface area contributed by atoms with Crippen LogP contribution >= 0.6 is 0 Å². The molecule has 12 heteroatoms. The molecule has 0 spiro atoms. The number of esters is 1. The second kappa shape index (κ2) is 9.69.